The van der Waals surface area contributed by atoms with Gasteiger partial charge in [-0.2, -0.15) is 13.2 Å². The molecule has 0 aromatic heterocycles. The van der Waals surface area contributed by atoms with Crippen molar-refractivity contribution in [2.24, 2.45) is 0 Å². The Morgan fingerprint density at radius 1 is 1.40 bits per heavy atom. The van der Waals surface area contributed by atoms with Crippen molar-refractivity contribution in [1.82, 2.24) is 10.2 Å². The molecule has 1 fully saturated rings. The number of hydrogen-bond donors (Lipinski definition) is 1. The lowest BCUT2D eigenvalue weighted by Gasteiger charge is -2.23. The zero-order valence-corrected chi connectivity index (χ0v) is 8.69. The topological polar surface area (TPSA) is 15.3 Å². The fourth-order valence-electron chi connectivity index (χ4n) is 1.49. The fourth-order valence-corrected chi connectivity index (χ4v) is 1.49. The Hall–Kier alpha value is -0.550. The van der Waals surface area contributed by atoms with Crippen LogP contribution in [-0.4, -0.2) is 43.3 Å². The summed E-state index contributed by atoms with van der Waals surface area (Å²) in [7, 11) is 0. The van der Waals surface area contributed by atoms with E-state index in [1.54, 1.807) is 6.08 Å². The van der Waals surface area contributed by atoms with Gasteiger partial charge in [-0.25, -0.2) is 0 Å². The second-order valence-corrected chi connectivity index (χ2v) is 3.81. The molecule has 1 saturated carbocycles. The van der Waals surface area contributed by atoms with E-state index in [4.69, 9.17) is 0 Å². The summed E-state index contributed by atoms with van der Waals surface area (Å²) in [4.78, 5) is 1.51. The summed E-state index contributed by atoms with van der Waals surface area (Å²) in [6.45, 7) is 4.43. The van der Waals surface area contributed by atoms with Crippen molar-refractivity contribution < 1.29 is 13.2 Å². The molecule has 0 bridgehead atoms. The SMILES string of the molecule is C=CCNCCN(CC(F)(F)F)C1CC1. The summed E-state index contributed by atoms with van der Waals surface area (Å²) >= 11 is 0. The molecule has 1 N–H and O–H groups in total. The molecule has 0 atom stereocenters. The molecule has 5 heteroatoms. The van der Waals surface area contributed by atoms with Gasteiger partial charge in [-0.1, -0.05) is 6.08 Å². The third-order valence-electron chi connectivity index (χ3n) is 2.31. The number of rotatable bonds is 7. The largest absolute Gasteiger partial charge is 0.401 e. The molecule has 0 saturated heterocycles. The number of halogens is 3. The molecule has 0 amide bonds. The average molecular weight is 222 g/mol. The molecule has 0 unspecified atom stereocenters. The van der Waals surface area contributed by atoms with Crippen molar-refractivity contribution >= 4 is 0 Å². The van der Waals surface area contributed by atoms with Gasteiger partial charge in [-0.05, 0) is 12.8 Å². The molecule has 1 rings (SSSR count). The lowest BCUT2D eigenvalue weighted by Crippen LogP contribution is -2.40. The Morgan fingerprint density at radius 2 is 2.07 bits per heavy atom. The maximum absolute atomic E-state index is 12.2. The predicted molar refractivity (Wildman–Crippen MR) is 53.7 cm³/mol. The lowest BCUT2D eigenvalue weighted by molar-refractivity contribution is -0.147. The zero-order valence-electron chi connectivity index (χ0n) is 8.69. The van der Waals surface area contributed by atoms with Crippen LogP contribution in [0.1, 0.15) is 12.8 Å². The highest BCUT2D eigenvalue weighted by Crippen LogP contribution is 2.29. The minimum Gasteiger partial charge on any atom is -0.312 e. The molecule has 0 spiro atoms. The molecule has 1 aliphatic carbocycles. The minimum atomic E-state index is -4.08. The van der Waals surface area contributed by atoms with Crippen LogP contribution < -0.4 is 5.32 Å². The Kier molecular flexibility index (Phi) is 4.60. The molecule has 0 aromatic carbocycles. The number of alkyl halides is 3. The summed E-state index contributed by atoms with van der Waals surface area (Å²) in [5.41, 5.74) is 0. The normalized spacial score (nSPS) is 17.1. The van der Waals surface area contributed by atoms with Crippen LogP contribution >= 0.6 is 0 Å². The first-order chi connectivity index (χ1) is 7.03. The van der Waals surface area contributed by atoms with Crippen LogP contribution in [0, 0.1) is 0 Å². The second kappa shape index (κ2) is 5.51. The summed E-state index contributed by atoms with van der Waals surface area (Å²) in [6, 6.07) is 0.150. The Balaban J connectivity index is 2.22. The van der Waals surface area contributed by atoms with Crippen LogP contribution in [0.25, 0.3) is 0 Å². The van der Waals surface area contributed by atoms with E-state index >= 15 is 0 Å². The maximum atomic E-state index is 12.2. The van der Waals surface area contributed by atoms with Crippen molar-refractivity contribution in [2.45, 2.75) is 25.1 Å². The van der Waals surface area contributed by atoms with Gasteiger partial charge in [0.15, 0.2) is 0 Å². The zero-order chi connectivity index (χ0) is 11.3. The minimum absolute atomic E-state index is 0.150. The van der Waals surface area contributed by atoms with Gasteiger partial charge in [0.1, 0.15) is 0 Å². The summed E-state index contributed by atoms with van der Waals surface area (Å²) in [5.74, 6) is 0. The smallest absolute Gasteiger partial charge is 0.312 e. The van der Waals surface area contributed by atoms with E-state index < -0.39 is 12.7 Å². The standard InChI is InChI=1S/C10H17F3N2/c1-2-5-14-6-7-15(9-3-4-9)8-10(11,12)13/h2,9,14H,1,3-8H2. The first-order valence-corrected chi connectivity index (χ1v) is 5.15. The third kappa shape index (κ3) is 5.79. The van der Waals surface area contributed by atoms with Crippen LogP contribution in [0.5, 0.6) is 0 Å². The average Bonchev–Trinajstić information content (AvgIpc) is 2.91. The number of nitrogens with one attached hydrogen (secondary N) is 1. The van der Waals surface area contributed by atoms with Crippen LogP contribution in [0.2, 0.25) is 0 Å². The highest BCUT2D eigenvalue weighted by Gasteiger charge is 2.37. The summed E-state index contributed by atoms with van der Waals surface area (Å²) in [6.07, 6.45) is -0.582. The Labute approximate surface area is 88.1 Å². The van der Waals surface area contributed by atoms with Gasteiger partial charge in [0.2, 0.25) is 0 Å². The van der Waals surface area contributed by atoms with Crippen molar-refractivity contribution in [3.05, 3.63) is 12.7 Å². The highest BCUT2D eigenvalue weighted by atomic mass is 19.4. The van der Waals surface area contributed by atoms with E-state index in [0.29, 0.717) is 19.6 Å². The van der Waals surface area contributed by atoms with E-state index in [9.17, 15) is 13.2 Å². The molecule has 15 heavy (non-hydrogen) atoms. The van der Waals surface area contributed by atoms with Crippen LogP contribution in [-0.2, 0) is 0 Å². The highest BCUT2D eigenvalue weighted by molar-refractivity contribution is 4.86. The molecule has 88 valence electrons. The quantitative estimate of drug-likeness (QED) is 0.522. The molecule has 0 heterocycles. The first-order valence-electron chi connectivity index (χ1n) is 5.15. The summed E-state index contributed by atoms with van der Waals surface area (Å²) < 4.78 is 36.6. The van der Waals surface area contributed by atoms with E-state index in [1.165, 1.54) is 4.90 Å². The second-order valence-electron chi connectivity index (χ2n) is 3.81. The Morgan fingerprint density at radius 3 is 2.53 bits per heavy atom. The van der Waals surface area contributed by atoms with Crippen LogP contribution in [0.4, 0.5) is 13.2 Å². The summed E-state index contributed by atoms with van der Waals surface area (Å²) in [5, 5.41) is 3.01. The molecule has 2 nitrogen and oxygen atoms in total. The van der Waals surface area contributed by atoms with Crippen molar-refractivity contribution in [3.8, 4) is 0 Å². The van der Waals surface area contributed by atoms with Crippen LogP contribution in [0.15, 0.2) is 12.7 Å². The maximum Gasteiger partial charge on any atom is 0.401 e. The molecular formula is C10H17F3N2. The van der Waals surface area contributed by atoms with Crippen molar-refractivity contribution in [3.63, 3.8) is 0 Å². The van der Waals surface area contributed by atoms with Crippen LogP contribution in [0.3, 0.4) is 0 Å². The first kappa shape index (κ1) is 12.5. The fraction of sp³-hybridized carbons (Fsp3) is 0.800. The van der Waals surface area contributed by atoms with Gasteiger partial charge in [0.25, 0.3) is 0 Å². The number of nitrogens with zero attached hydrogens (tertiary/aromatic N) is 1. The van der Waals surface area contributed by atoms with Crippen molar-refractivity contribution in [1.29, 1.82) is 0 Å². The number of hydrogen-bond acceptors (Lipinski definition) is 2. The molecule has 0 radical (unpaired) electrons. The monoisotopic (exact) mass is 222 g/mol. The van der Waals surface area contributed by atoms with Crippen molar-refractivity contribution in [2.75, 3.05) is 26.2 Å². The van der Waals surface area contributed by atoms with Gasteiger partial charge in [-0.3, -0.25) is 4.90 Å². The predicted octanol–water partition coefficient (Wildman–Crippen LogP) is 1.79. The molecular weight excluding hydrogens is 205 g/mol. The molecule has 1 aliphatic rings. The van der Waals surface area contributed by atoms with E-state index in [1.807, 2.05) is 0 Å². The molecule has 0 aromatic rings. The van der Waals surface area contributed by atoms with Gasteiger partial charge < -0.3 is 5.32 Å². The van der Waals surface area contributed by atoms with E-state index in [0.717, 1.165) is 12.8 Å². The van der Waals surface area contributed by atoms with Gasteiger partial charge in [0, 0.05) is 25.7 Å². The lowest BCUT2D eigenvalue weighted by atomic mass is 10.4. The Bertz CT molecular complexity index is 199. The third-order valence-corrected chi connectivity index (χ3v) is 2.31. The van der Waals surface area contributed by atoms with E-state index in [-0.39, 0.29) is 6.04 Å². The molecule has 0 aliphatic heterocycles. The van der Waals surface area contributed by atoms with E-state index in [2.05, 4.69) is 11.9 Å². The van der Waals surface area contributed by atoms with Gasteiger partial charge in [-0.15, -0.1) is 6.58 Å². The van der Waals surface area contributed by atoms with Gasteiger partial charge >= 0.3 is 6.18 Å². The van der Waals surface area contributed by atoms with Gasteiger partial charge in [0.05, 0.1) is 6.54 Å².